The molecule has 0 aromatic carbocycles. The standard InChI is InChI=1S/C14H15BrOS2/c15-14-6-5-10(17-14)8-11(16)13-7-9-3-1-2-4-12(9)18-13/h5-7,11,16H,1-4,8H2. The Hall–Kier alpha value is -0.160. The molecule has 0 fully saturated rings. The molecule has 1 unspecified atom stereocenters. The molecule has 0 saturated heterocycles. The summed E-state index contributed by atoms with van der Waals surface area (Å²) < 4.78 is 1.13. The summed E-state index contributed by atoms with van der Waals surface area (Å²) in [7, 11) is 0. The van der Waals surface area contributed by atoms with Gasteiger partial charge in [-0.1, -0.05) is 0 Å². The van der Waals surface area contributed by atoms with Gasteiger partial charge in [-0.3, -0.25) is 0 Å². The van der Waals surface area contributed by atoms with Crippen LogP contribution in [-0.2, 0) is 19.3 Å². The van der Waals surface area contributed by atoms with Crippen LogP contribution in [0.2, 0.25) is 0 Å². The van der Waals surface area contributed by atoms with Crippen molar-refractivity contribution in [3.05, 3.63) is 42.2 Å². The summed E-state index contributed by atoms with van der Waals surface area (Å²) in [5.74, 6) is 0. The summed E-state index contributed by atoms with van der Waals surface area (Å²) in [5, 5.41) is 10.3. The number of aliphatic hydroxyl groups is 1. The topological polar surface area (TPSA) is 20.2 Å². The third kappa shape index (κ3) is 2.72. The highest BCUT2D eigenvalue weighted by atomic mass is 79.9. The van der Waals surface area contributed by atoms with Crippen molar-refractivity contribution in [1.82, 2.24) is 0 Å². The van der Waals surface area contributed by atoms with Crippen LogP contribution in [-0.4, -0.2) is 5.11 Å². The Morgan fingerprint density at radius 3 is 2.78 bits per heavy atom. The van der Waals surface area contributed by atoms with Gasteiger partial charge >= 0.3 is 0 Å². The molecule has 96 valence electrons. The predicted octanol–water partition coefficient (Wildman–Crippen LogP) is 4.73. The molecule has 3 rings (SSSR count). The van der Waals surface area contributed by atoms with Gasteiger partial charge < -0.3 is 5.11 Å². The van der Waals surface area contributed by atoms with Gasteiger partial charge in [0.25, 0.3) is 0 Å². The lowest BCUT2D eigenvalue weighted by Gasteiger charge is -2.08. The van der Waals surface area contributed by atoms with E-state index in [0.717, 1.165) is 15.1 Å². The van der Waals surface area contributed by atoms with Crippen molar-refractivity contribution in [3.63, 3.8) is 0 Å². The summed E-state index contributed by atoms with van der Waals surface area (Å²) in [6.45, 7) is 0. The van der Waals surface area contributed by atoms with Gasteiger partial charge in [-0.2, -0.15) is 0 Å². The second-order valence-electron chi connectivity index (χ2n) is 4.73. The Kier molecular flexibility index (Phi) is 3.89. The Bertz CT molecular complexity index is 520. The maximum absolute atomic E-state index is 10.3. The van der Waals surface area contributed by atoms with E-state index in [9.17, 15) is 5.11 Å². The number of thiophene rings is 2. The van der Waals surface area contributed by atoms with Gasteiger partial charge in [0.15, 0.2) is 0 Å². The number of rotatable bonds is 3. The Morgan fingerprint density at radius 2 is 2.06 bits per heavy atom. The highest BCUT2D eigenvalue weighted by Gasteiger charge is 2.18. The zero-order valence-electron chi connectivity index (χ0n) is 9.99. The normalized spacial score (nSPS) is 16.6. The van der Waals surface area contributed by atoms with E-state index in [4.69, 9.17) is 0 Å². The van der Waals surface area contributed by atoms with Crippen molar-refractivity contribution in [3.8, 4) is 0 Å². The molecular formula is C14H15BrOS2. The Morgan fingerprint density at radius 1 is 1.22 bits per heavy atom. The minimum atomic E-state index is -0.342. The Labute approximate surface area is 124 Å². The molecule has 2 aromatic rings. The van der Waals surface area contributed by atoms with Crippen LogP contribution < -0.4 is 0 Å². The molecule has 0 spiro atoms. The third-order valence-electron chi connectivity index (χ3n) is 3.37. The summed E-state index contributed by atoms with van der Waals surface area (Å²) in [4.78, 5) is 3.88. The van der Waals surface area contributed by atoms with Crippen LogP contribution in [0.25, 0.3) is 0 Å². The van der Waals surface area contributed by atoms with E-state index in [1.807, 2.05) is 17.4 Å². The molecule has 1 aliphatic rings. The monoisotopic (exact) mass is 342 g/mol. The second kappa shape index (κ2) is 5.45. The fourth-order valence-corrected chi connectivity index (χ4v) is 5.19. The summed E-state index contributed by atoms with van der Waals surface area (Å²) in [6, 6.07) is 6.37. The minimum absolute atomic E-state index is 0.342. The molecule has 1 aliphatic carbocycles. The van der Waals surface area contributed by atoms with Gasteiger partial charge in [-0.15, -0.1) is 22.7 Å². The van der Waals surface area contributed by atoms with Gasteiger partial charge in [0, 0.05) is 21.1 Å². The number of halogens is 1. The lowest BCUT2D eigenvalue weighted by Crippen LogP contribution is -1.98. The van der Waals surface area contributed by atoms with Gasteiger partial charge in [0.2, 0.25) is 0 Å². The molecule has 2 heterocycles. The van der Waals surface area contributed by atoms with Crippen LogP contribution >= 0.6 is 38.6 Å². The van der Waals surface area contributed by atoms with Gasteiger partial charge in [-0.25, -0.2) is 0 Å². The predicted molar refractivity (Wildman–Crippen MR) is 81.6 cm³/mol. The first-order valence-electron chi connectivity index (χ1n) is 6.26. The highest BCUT2D eigenvalue weighted by Crippen LogP contribution is 2.35. The lowest BCUT2D eigenvalue weighted by atomic mass is 9.99. The smallest absolute Gasteiger partial charge is 0.0930 e. The highest BCUT2D eigenvalue weighted by molar-refractivity contribution is 9.11. The fraction of sp³-hybridized carbons (Fsp3) is 0.429. The van der Waals surface area contributed by atoms with E-state index in [1.54, 1.807) is 11.3 Å². The van der Waals surface area contributed by atoms with Crippen LogP contribution in [0.5, 0.6) is 0 Å². The molecule has 0 aliphatic heterocycles. The van der Waals surface area contributed by atoms with E-state index in [-0.39, 0.29) is 6.10 Å². The van der Waals surface area contributed by atoms with E-state index >= 15 is 0 Å². The molecule has 1 atom stereocenters. The maximum atomic E-state index is 10.3. The summed E-state index contributed by atoms with van der Waals surface area (Å²) >= 11 is 6.98. The van der Waals surface area contributed by atoms with Gasteiger partial charge in [0.05, 0.1) is 9.89 Å². The van der Waals surface area contributed by atoms with Crippen LogP contribution in [0.15, 0.2) is 22.0 Å². The quantitative estimate of drug-likeness (QED) is 0.854. The fourth-order valence-electron chi connectivity index (χ4n) is 2.43. The summed E-state index contributed by atoms with van der Waals surface area (Å²) in [5.41, 5.74) is 1.48. The van der Waals surface area contributed by atoms with Crippen molar-refractivity contribution in [2.45, 2.75) is 38.2 Å². The first-order chi connectivity index (χ1) is 8.72. The lowest BCUT2D eigenvalue weighted by molar-refractivity contribution is 0.183. The van der Waals surface area contributed by atoms with Crippen LogP contribution in [0, 0.1) is 0 Å². The van der Waals surface area contributed by atoms with E-state index in [1.165, 1.54) is 41.0 Å². The first kappa shape index (κ1) is 12.9. The average molecular weight is 343 g/mol. The molecule has 0 radical (unpaired) electrons. The Balaban J connectivity index is 1.75. The molecule has 2 aromatic heterocycles. The summed E-state index contributed by atoms with van der Waals surface area (Å²) in [6.07, 6.45) is 5.40. The van der Waals surface area contributed by atoms with Gasteiger partial charge in [-0.05, 0) is 65.4 Å². The number of hydrogen-bond donors (Lipinski definition) is 1. The van der Waals surface area contributed by atoms with Crippen LogP contribution in [0.3, 0.4) is 0 Å². The van der Waals surface area contributed by atoms with E-state index < -0.39 is 0 Å². The van der Waals surface area contributed by atoms with Crippen molar-refractivity contribution >= 4 is 38.6 Å². The van der Waals surface area contributed by atoms with Gasteiger partial charge in [0.1, 0.15) is 0 Å². The SMILES string of the molecule is OC(Cc1ccc(Br)s1)c1cc2c(s1)CCCC2. The number of aliphatic hydroxyl groups excluding tert-OH is 1. The molecule has 18 heavy (non-hydrogen) atoms. The molecule has 1 N–H and O–H groups in total. The average Bonchev–Trinajstić information content (AvgIpc) is 2.95. The van der Waals surface area contributed by atoms with Crippen LogP contribution in [0.4, 0.5) is 0 Å². The van der Waals surface area contributed by atoms with E-state index in [2.05, 4.69) is 28.1 Å². The second-order valence-corrected chi connectivity index (χ2v) is 8.45. The molecule has 0 amide bonds. The zero-order chi connectivity index (χ0) is 12.5. The molecule has 0 bridgehead atoms. The zero-order valence-corrected chi connectivity index (χ0v) is 13.2. The maximum Gasteiger partial charge on any atom is 0.0930 e. The van der Waals surface area contributed by atoms with E-state index in [0.29, 0.717) is 0 Å². The largest absolute Gasteiger partial charge is 0.387 e. The molecule has 4 heteroatoms. The van der Waals surface area contributed by atoms with Crippen molar-refractivity contribution in [2.24, 2.45) is 0 Å². The number of aryl methyl sites for hydroxylation is 2. The minimum Gasteiger partial charge on any atom is -0.387 e. The third-order valence-corrected chi connectivity index (χ3v) is 6.35. The van der Waals surface area contributed by atoms with Crippen molar-refractivity contribution < 1.29 is 5.11 Å². The molecule has 0 saturated carbocycles. The number of hydrogen-bond acceptors (Lipinski definition) is 3. The molecular weight excluding hydrogens is 328 g/mol. The van der Waals surface area contributed by atoms with Crippen LogP contribution in [0.1, 0.15) is 39.1 Å². The molecule has 1 nitrogen and oxygen atoms in total. The first-order valence-corrected chi connectivity index (χ1v) is 8.69. The van der Waals surface area contributed by atoms with Crippen molar-refractivity contribution in [2.75, 3.05) is 0 Å². The number of fused-ring (bicyclic) bond motifs is 1. The van der Waals surface area contributed by atoms with Crippen molar-refractivity contribution in [1.29, 1.82) is 0 Å².